The second-order valence-electron chi connectivity index (χ2n) is 6.40. The molecule has 114 valence electrons. The molecule has 2 atom stereocenters. The lowest BCUT2D eigenvalue weighted by atomic mass is 9.84. The van der Waals surface area contributed by atoms with Crippen LogP contribution < -0.4 is 0 Å². The van der Waals surface area contributed by atoms with E-state index in [-0.39, 0.29) is 0 Å². The summed E-state index contributed by atoms with van der Waals surface area (Å²) in [5.41, 5.74) is 5.57. The maximum Gasteiger partial charge on any atom is 0.169 e. The Bertz CT molecular complexity index is 838. The average molecular weight is 318 g/mol. The summed E-state index contributed by atoms with van der Waals surface area (Å²) in [7, 11) is 0. The summed E-state index contributed by atoms with van der Waals surface area (Å²) in [6, 6.07) is 20.4. The Labute approximate surface area is 140 Å². The molecule has 0 N–H and O–H groups in total. The smallest absolute Gasteiger partial charge is 0.169 e. The molecule has 3 heteroatoms. The van der Waals surface area contributed by atoms with E-state index in [1.165, 1.54) is 38.9 Å². The summed E-state index contributed by atoms with van der Waals surface area (Å²) in [5, 5.41) is 1.19. The molecule has 23 heavy (non-hydrogen) atoms. The number of nitrogens with zero attached hydrogens (tertiary/aromatic N) is 2. The second kappa shape index (κ2) is 5.00. The summed E-state index contributed by atoms with van der Waals surface area (Å²) in [4.78, 5) is 8.98. The van der Waals surface area contributed by atoms with E-state index in [0.717, 1.165) is 6.42 Å². The maximum atomic E-state index is 5.10. The first-order valence-corrected chi connectivity index (χ1v) is 9.03. The van der Waals surface area contributed by atoms with Gasteiger partial charge in [-0.2, -0.15) is 0 Å². The van der Waals surface area contributed by atoms with Gasteiger partial charge in [-0.05, 0) is 36.5 Å². The largest absolute Gasteiger partial charge is 0.314 e. The molecule has 0 spiro atoms. The van der Waals surface area contributed by atoms with Gasteiger partial charge in [0.2, 0.25) is 0 Å². The molecule has 1 aliphatic carbocycles. The fraction of sp³-hybridized carbons (Fsp3) is 0.250. The van der Waals surface area contributed by atoms with Crippen molar-refractivity contribution in [1.82, 2.24) is 4.90 Å². The van der Waals surface area contributed by atoms with Crippen molar-refractivity contribution >= 4 is 22.6 Å². The fourth-order valence-corrected chi connectivity index (χ4v) is 5.18. The number of benzene rings is 2. The molecule has 2 aromatic rings. The van der Waals surface area contributed by atoms with Crippen molar-refractivity contribution in [3.8, 4) is 0 Å². The van der Waals surface area contributed by atoms with Crippen LogP contribution >= 0.6 is 11.8 Å². The van der Waals surface area contributed by atoms with Crippen LogP contribution in [0.15, 0.2) is 64.5 Å². The van der Waals surface area contributed by atoms with Crippen molar-refractivity contribution in [2.45, 2.75) is 31.8 Å². The number of hydrogen-bond acceptors (Lipinski definition) is 3. The standard InChI is InChI=1S/C20H18N2S/c1-13-19(15-8-3-2-4-9-15)22-17-12-11-14-7-5-6-10-16(14)18(17)21-20(22)23-13/h2-10,17-18H,11-12H2,1H3. The van der Waals surface area contributed by atoms with E-state index in [4.69, 9.17) is 4.99 Å². The zero-order valence-corrected chi connectivity index (χ0v) is 13.9. The van der Waals surface area contributed by atoms with Gasteiger partial charge in [0.05, 0.1) is 17.8 Å². The Morgan fingerprint density at radius 3 is 2.70 bits per heavy atom. The first kappa shape index (κ1) is 13.4. The lowest BCUT2D eigenvalue weighted by Crippen LogP contribution is -2.35. The highest BCUT2D eigenvalue weighted by atomic mass is 32.2. The lowest BCUT2D eigenvalue weighted by Gasteiger charge is -2.33. The van der Waals surface area contributed by atoms with Crippen LogP contribution in [0.4, 0.5) is 0 Å². The molecule has 0 fully saturated rings. The van der Waals surface area contributed by atoms with Gasteiger partial charge < -0.3 is 4.90 Å². The van der Waals surface area contributed by atoms with Crippen molar-refractivity contribution in [1.29, 1.82) is 0 Å². The molecule has 2 nitrogen and oxygen atoms in total. The van der Waals surface area contributed by atoms with E-state index in [2.05, 4.69) is 66.4 Å². The molecule has 0 amide bonds. The van der Waals surface area contributed by atoms with Crippen molar-refractivity contribution in [2.24, 2.45) is 4.99 Å². The highest BCUT2D eigenvalue weighted by molar-refractivity contribution is 8.17. The van der Waals surface area contributed by atoms with Gasteiger partial charge in [-0.25, -0.2) is 0 Å². The van der Waals surface area contributed by atoms with E-state index in [0.29, 0.717) is 12.1 Å². The predicted molar refractivity (Wildman–Crippen MR) is 97.2 cm³/mol. The molecule has 2 aliphatic heterocycles. The number of rotatable bonds is 1. The SMILES string of the molecule is CC1=C(c2ccccc2)N2C(=NC3c4ccccc4CCC32)S1. The van der Waals surface area contributed by atoms with Gasteiger partial charge in [-0.1, -0.05) is 66.4 Å². The first-order chi connectivity index (χ1) is 11.3. The van der Waals surface area contributed by atoms with Crippen LogP contribution in [-0.4, -0.2) is 16.1 Å². The van der Waals surface area contributed by atoms with Crippen LogP contribution in [0.5, 0.6) is 0 Å². The third-order valence-electron chi connectivity index (χ3n) is 5.10. The number of fused-ring (bicyclic) bond motifs is 5. The first-order valence-electron chi connectivity index (χ1n) is 8.22. The molecular formula is C20H18N2S. The van der Waals surface area contributed by atoms with Gasteiger partial charge in [0.1, 0.15) is 0 Å². The number of thioether (sulfide) groups is 1. The maximum absolute atomic E-state index is 5.10. The van der Waals surface area contributed by atoms with Gasteiger partial charge in [0.25, 0.3) is 0 Å². The molecule has 2 unspecified atom stereocenters. The molecule has 2 heterocycles. The summed E-state index contributed by atoms with van der Waals surface area (Å²) < 4.78 is 0. The van der Waals surface area contributed by atoms with Crippen LogP contribution in [0.2, 0.25) is 0 Å². The average Bonchev–Trinajstić information content (AvgIpc) is 3.10. The third kappa shape index (κ3) is 1.93. The summed E-state index contributed by atoms with van der Waals surface area (Å²) >= 11 is 1.84. The molecule has 0 saturated heterocycles. The lowest BCUT2D eigenvalue weighted by molar-refractivity contribution is 0.360. The van der Waals surface area contributed by atoms with Crippen molar-refractivity contribution in [3.05, 3.63) is 76.2 Å². The fourth-order valence-electron chi connectivity index (χ4n) is 4.10. The Morgan fingerprint density at radius 2 is 1.83 bits per heavy atom. The van der Waals surface area contributed by atoms with Crippen LogP contribution in [0.3, 0.4) is 0 Å². The van der Waals surface area contributed by atoms with Crippen LogP contribution in [0, 0.1) is 0 Å². The zero-order chi connectivity index (χ0) is 15.4. The van der Waals surface area contributed by atoms with Crippen molar-refractivity contribution < 1.29 is 0 Å². The van der Waals surface area contributed by atoms with Gasteiger partial charge in [0, 0.05) is 4.91 Å². The van der Waals surface area contributed by atoms with E-state index in [1.54, 1.807) is 0 Å². The molecule has 0 bridgehead atoms. The Morgan fingerprint density at radius 1 is 1.04 bits per heavy atom. The number of aryl methyl sites for hydroxylation is 1. The second-order valence-corrected chi connectivity index (χ2v) is 7.59. The quantitative estimate of drug-likeness (QED) is 0.747. The topological polar surface area (TPSA) is 15.6 Å². The highest BCUT2D eigenvalue weighted by Crippen LogP contribution is 2.51. The van der Waals surface area contributed by atoms with Crippen molar-refractivity contribution in [3.63, 3.8) is 0 Å². The van der Waals surface area contributed by atoms with Crippen molar-refractivity contribution in [2.75, 3.05) is 0 Å². The van der Waals surface area contributed by atoms with E-state index < -0.39 is 0 Å². The minimum atomic E-state index is 0.300. The van der Waals surface area contributed by atoms with E-state index in [1.807, 2.05) is 11.8 Å². The number of hydrogen-bond donors (Lipinski definition) is 0. The molecular weight excluding hydrogens is 300 g/mol. The normalized spacial score (nSPS) is 25.1. The van der Waals surface area contributed by atoms with Gasteiger partial charge in [-0.15, -0.1) is 0 Å². The van der Waals surface area contributed by atoms with Crippen LogP contribution in [-0.2, 0) is 6.42 Å². The summed E-state index contributed by atoms with van der Waals surface area (Å²) in [6.07, 6.45) is 2.33. The third-order valence-corrected chi connectivity index (χ3v) is 6.09. The van der Waals surface area contributed by atoms with E-state index >= 15 is 0 Å². The molecule has 0 saturated carbocycles. The number of aliphatic imine (C=N–C) groups is 1. The monoisotopic (exact) mass is 318 g/mol. The molecule has 0 aromatic heterocycles. The molecule has 0 radical (unpaired) electrons. The van der Waals surface area contributed by atoms with E-state index in [9.17, 15) is 0 Å². The number of amidine groups is 1. The number of allylic oxidation sites excluding steroid dienone is 1. The Hall–Kier alpha value is -2.00. The Balaban J connectivity index is 1.59. The minimum absolute atomic E-state index is 0.300. The highest BCUT2D eigenvalue weighted by Gasteiger charge is 2.45. The van der Waals surface area contributed by atoms with Crippen LogP contribution in [0.25, 0.3) is 5.70 Å². The minimum Gasteiger partial charge on any atom is -0.314 e. The van der Waals surface area contributed by atoms with Crippen LogP contribution in [0.1, 0.15) is 36.1 Å². The Kier molecular flexibility index (Phi) is 2.92. The van der Waals surface area contributed by atoms with Gasteiger partial charge >= 0.3 is 0 Å². The zero-order valence-electron chi connectivity index (χ0n) is 13.1. The summed E-state index contributed by atoms with van der Waals surface area (Å²) in [6.45, 7) is 2.22. The molecule has 3 aliphatic rings. The predicted octanol–water partition coefficient (Wildman–Crippen LogP) is 4.85. The summed E-state index contributed by atoms with van der Waals surface area (Å²) in [5.74, 6) is 0. The van der Waals surface area contributed by atoms with Gasteiger partial charge in [0.15, 0.2) is 5.17 Å². The van der Waals surface area contributed by atoms with Gasteiger partial charge in [-0.3, -0.25) is 4.99 Å². The molecule has 5 rings (SSSR count). The molecule has 2 aromatic carbocycles.